The lowest BCUT2D eigenvalue weighted by atomic mass is 10.1. The summed E-state index contributed by atoms with van der Waals surface area (Å²) in [6.07, 6.45) is 0. The second-order valence-electron chi connectivity index (χ2n) is 2.97. The molecular weight excluding hydrogens is 230 g/mol. The van der Waals surface area contributed by atoms with Crippen LogP contribution in [0.4, 0.5) is 5.69 Å². The molecule has 0 spiro atoms. The molecule has 7 nitrogen and oxygen atoms in total. The van der Waals surface area contributed by atoms with E-state index in [9.17, 15) is 14.9 Å². The molecule has 0 heterocycles. The fraction of sp³-hybridized carbons (Fsp3) is 0.300. The number of nitro groups is 1. The maximum Gasteiger partial charge on any atom is 0.346 e. The van der Waals surface area contributed by atoms with E-state index in [1.165, 1.54) is 12.1 Å². The molecule has 0 atom stereocenters. The fourth-order valence-electron chi connectivity index (χ4n) is 1.20. The molecule has 0 unspecified atom stereocenters. The van der Waals surface area contributed by atoms with Gasteiger partial charge in [0.1, 0.15) is 5.75 Å². The summed E-state index contributed by atoms with van der Waals surface area (Å²) in [5.74, 6) is -1.50. The van der Waals surface area contributed by atoms with Gasteiger partial charge in [0, 0.05) is 12.7 Å². The third-order valence-corrected chi connectivity index (χ3v) is 1.92. The summed E-state index contributed by atoms with van der Waals surface area (Å²) in [5.41, 5.74) is -0.983. The highest BCUT2D eigenvalue weighted by molar-refractivity contribution is 5.95. The van der Waals surface area contributed by atoms with Crippen molar-refractivity contribution in [2.45, 2.75) is 6.92 Å². The molecule has 0 aromatic heterocycles. The highest BCUT2D eigenvalue weighted by atomic mass is 16.7. The summed E-state index contributed by atoms with van der Waals surface area (Å²) in [7, 11) is 0. The lowest BCUT2D eigenvalue weighted by molar-refractivity contribution is -0.385. The average molecular weight is 241 g/mol. The second-order valence-corrected chi connectivity index (χ2v) is 2.97. The molecule has 0 saturated heterocycles. The van der Waals surface area contributed by atoms with Gasteiger partial charge in [0.2, 0.25) is 0 Å². The van der Waals surface area contributed by atoms with Gasteiger partial charge >= 0.3 is 5.97 Å². The van der Waals surface area contributed by atoms with Crippen LogP contribution in [0.1, 0.15) is 17.3 Å². The third-order valence-electron chi connectivity index (χ3n) is 1.92. The number of ether oxygens (including phenoxy) is 2. The van der Waals surface area contributed by atoms with E-state index in [2.05, 4.69) is 0 Å². The molecule has 0 bridgehead atoms. The SMILES string of the molecule is CCOCOc1cccc([N+](=O)[O-])c1C(=O)O. The average Bonchev–Trinajstić information content (AvgIpc) is 2.28. The van der Waals surface area contributed by atoms with Crippen molar-refractivity contribution in [3.05, 3.63) is 33.9 Å². The Morgan fingerprint density at radius 3 is 2.76 bits per heavy atom. The van der Waals surface area contributed by atoms with E-state index in [1.807, 2.05) is 0 Å². The van der Waals surface area contributed by atoms with Crippen LogP contribution in [0.25, 0.3) is 0 Å². The molecule has 0 radical (unpaired) electrons. The van der Waals surface area contributed by atoms with Crippen LogP contribution in [0.15, 0.2) is 18.2 Å². The molecule has 1 aromatic carbocycles. The third kappa shape index (κ3) is 3.15. The number of hydrogen-bond acceptors (Lipinski definition) is 5. The van der Waals surface area contributed by atoms with Gasteiger partial charge < -0.3 is 14.6 Å². The smallest absolute Gasteiger partial charge is 0.346 e. The van der Waals surface area contributed by atoms with Crippen molar-refractivity contribution < 1.29 is 24.3 Å². The Labute approximate surface area is 96.7 Å². The molecule has 0 amide bonds. The molecule has 17 heavy (non-hydrogen) atoms. The van der Waals surface area contributed by atoms with E-state index >= 15 is 0 Å². The van der Waals surface area contributed by atoms with Crippen LogP contribution in [0, 0.1) is 10.1 Å². The van der Waals surface area contributed by atoms with E-state index in [-0.39, 0.29) is 12.5 Å². The first-order valence-corrected chi connectivity index (χ1v) is 4.79. The molecule has 1 N–H and O–H groups in total. The lowest BCUT2D eigenvalue weighted by Crippen LogP contribution is -2.09. The Kier molecular flexibility index (Phi) is 4.41. The predicted molar refractivity (Wildman–Crippen MR) is 57.2 cm³/mol. The van der Waals surface area contributed by atoms with Gasteiger partial charge in [-0.25, -0.2) is 4.79 Å². The first-order valence-electron chi connectivity index (χ1n) is 4.79. The molecular formula is C10H11NO6. The number of carboxylic acids is 1. The first-order chi connectivity index (χ1) is 8.07. The minimum absolute atomic E-state index is 0.0832. The number of aromatic carboxylic acids is 1. The van der Waals surface area contributed by atoms with Gasteiger partial charge in [-0.3, -0.25) is 10.1 Å². The number of nitrogens with zero attached hydrogens (tertiary/aromatic N) is 1. The van der Waals surface area contributed by atoms with Crippen molar-refractivity contribution in [3.63, 3.8) is 0 Å². The Bertz CT molecular complexity index is 431. The fourth-order valence-corrected chi connectivity index (χ4v) is 1.20. The van der Waals surface area contributed by atoms with Crippen LogP contribution in [-0.4, -0.2) is 29.4 Å². The monoisotopic (exact) mass is 241 g/mol. The molecule has 7 heteroatoms. The van der Waals surface area contributed by atoms with Gasteiger partial charge in [0.15, 0.2) is 12.4 Å². The van der Waals surface area contributed by atoms with Crippen LogP contribution >= 0.6 is 0 Å². The standard InChI is InChI=1S/C10H11NO6/c1-2-16-6-17-8-5-3-4-7(11(14)15)9(8)10(12)13/h3-5H,2,6H2,1H3,(H,12,13). The van der Waals surface area contributed by atoms with Crippen molar-refractivity contribution in [2.75, 3.05) is 13.4 Å². The Morgan fingerprint density at radius 1 is 1.53 bits per heavy atom. The van der Waals surface area contributed by atoms with Gasteiger partial charge in [-0.15, -0.1) is 0 Å². The topological polar surface area (TPSA) is 98.9 Å². The Balaban J connectivity index is 3.07. The van der Waals surface area contributed by atoms with Crippen LogP contribution < -0.4 is 4.74 Å². The first kappa shape index (κ1) is 12.9. The quantitative estimate of drug-likeness (QED) is 0.352. The minimum atomic E-state index is -1.41. The van der Waals surface area contributed by atoms with E-state index in [0.29, 0.717) is 6.61 Å². The normalized spacial score (nSPS) is 9.94. The lowest BCUT2D eigenvalue weighted by Gasteiger charge is -2.08. The molecule has 0 fully saturated rings. The summed E-state index contributed by atoms with van der Waals surface area (Å²) in [4.78, 5) is 20.9. The maximum atomic E-state index is 11.0. The van der Waals surface area contributed by atoms with E-state index in [4.69, 9.17) is 14.6 Å². The molecule has 92 valence electrons. The summed E-state index contributed by atoms with van der Waals surface area (Å²) in [6.45, 7) is 1.99. The summed E-state index contributed by atoms with van der Waals surface area (Å²) in [5, 5.41) is 19.6. The van der Waals surface area contributed by atoms with Crippen molar-refractivity contribution in [2.24, 2.45) is 0 Å². The number of hydrogen-bond donors (Lipinski definition) is 1. The van der Waals surface area contributed by atoms with Crippen molar-refractivity contribution >= 4 is 11.7 Å². The van der Waals surface area contributed by atoms with Gasteiger partial charge in [0.25, 0.3) is 5.69 Å². The van der Waals surface area contributed by atoms with Crippen molar-refractivity contribution in [1.29, 1.82) is 0 Å². The van der Waals surface area contributed by atoms with Crippen molar-refractivity contribution in [1.82, 2.24) is 0 Å². The Hall–Kier alpha value is -2.15. The molecule has 0 saturated carbocycles. The summed E-state index contributed by atoms with van der Waals surface area (Å²) >= 11 is 0. The van der Waals surface area contributed by atoms with Gasteiger partial charge in [-0.2, -0.15) is 0 Å². The summed E-state index contributed by atoms with van der Waals surface area (Å²) in [6, 6.07) is 3.80. The zero-order valence-electron chi connectivity index (χ0n) is 9.08. The van der Waals surface area contributed by atoms with E-state index in [0.717, 1.165) is 6.07 Å². The minimum Gasteiger partial charge on any atom is -0.477 e. The zero-order valence-corrected chi connectivity index (χ0v) is 9.08. The largest absolute Gasteiger partial charge is 0.477 e. The number of carboxylic acid groups (broad SMARTS) is 1. The molecule has 0 aliphatic carbocycles. The van der Waals surface area contributed by atoms with Gasteiger partial charge in [0.05, 0.1) is 4.92 Å². The predicted octanol–water partition coefficient (Wildman–Crippen LogP) is 1.67. The van der Waals surface area contributed by atoms with Crippen molar-refractivity contribution in [3.8, 4) is 5.75 Å². The van der Waals surface area contributed by atoms with E-state index < -0.39 is 22.1 Å². The zero-order chi connectivity index (χ0) is 12.8. The molecule has 0 aliphatic rings. The van der Waals surface area contributed by atoms with E-state index in [1.54, 1.807) is 6.92 Å². The highest BCUT2D eigenvalue weighted by Gasteiger charge is 2.24. The second kappa shape index (κ2) is 5.80. The Morgan fingerprint density at radius 2 is 2.24 bits per heavy atom. The van der Waals surface area contributed by atoms with Crippen LogP contribution in [-0.2, 0) is 4.74 Å². The highest BCUT2D eigenvalue weighted by Crippen LogP contribution is 2.28. The molecule has 1 rings (SSSR count). The summed E-state index contributed by atoms with van der Waals surface area (Å²) < 4.78 is 9.91. The maximum absolute atomic E-state index is 11.0. The van der Waals surface area contributed by atoms with Gasteiger partial charge in [-0.05, 0) is 13.0 Å². The van der Waals surface area contributed by atoms with Gasteiger partial charge in [-0.1, -0.05) is 6.07 Å². The molecule has 0 aliphatic heterocycles. The van der Waals surface area contributed by atoms with Crippen LogP contribution in [0.2, 0.25) is 0 Å². The number of carbonyl (C=O) groups is 1. The molecule has 1 aromatic rings. The number of nitro benzene ring substituents is 1. The van der Waals surface area contributed by atoms with Crippen LogP contribution in [0.5, 0.6) is 5.75 Å². The number of rotatable bonds is 6. The number of benzene rings is 1. The van der Waals surface area contributed by atoms with Crippen LogP contribution in [0.3, 0.4) is 0 Å².